The number of carbonyl (C=O) groups excluding carboxylic acids is 1. The van der Waals surface area contributed by atoms with Crippen LogP contribution in [0.15, 0.2) is 84.0 Å². The number of hydrogen-bond acceptors (Lipinski definition) is 5. The van der Waals surface area contributed by atoms with E-state index in [2.05, 4.69) is 15.0 Å². The van der Waals surface area contributed by atoms with E-state index in [0.717, 1.165) is 11.0 Å². The number of aryl methyl sites for hydroxylation is 1. The zero-order chi connectivity index (χ0) is 23.3. The van der Waals surface area contributed by atoms with Crippen molar-refractivity contribution in [3.8, 4) is 5.75 Å². The number of para-hydroxylation sites is 2. The standard InChI is InChI=1S/C24H24N4O4S/c1-32-20-12-10-19(11-13-20)27-33(30,31)21-7-4-6-18(16-21)24(29)25-14-5-15-28-17-26-22-8-2-3-9-23(22)28/h2-4,6-13,16-17,27H,5,14-15H2,1H3,(H,25,29). The van der Waals surface area contributed by atoms with E-state index in [1.165, 1.54) is 19.2 Å². The van der Waals surface area contributed by atoms with Gasteiger partial charge in [0.15, 0.2) is 0 Å². The number of nitrogens with one attached hydrogen (secondary N) is 2. The number of fused-ring (bicyclic) bond motifs is 1. The number of benzene rings is 3. The van der Waals surface area contributed by atoms with Crippen LogP contribution in [0.2, 0.25) is 0 Å². The van der Waals surface area contributed by atoms with Crippen molar-refractivity contribution in [2.75, 3.05) is 18.4 Å². The molecule has 2 N–H and O–H groups in total. The van der Waals surface area contributed by atoms with Gasteiger partial charge >= 0.3 is 0 Å². The molecule has 0 aliphatic rings. The maximum Gasteiger partial charge on any atom is 0.261 e. The topological polar surface area (TPSA) is 102 Å². The molecule has 0 spiro atoms. The molecular formula is C24H24N4O4S. The number of ether oxygens (including phenoxy) is 1. The Morgan fingerprint density at radius 2 is 1.82 bits per heavy atom. The Bertz CT molecular complexity index is 1360. The van der Waals surface area contributed by atoms with Crippen molar-refractivity contribution in [1.82, 2.24) is 14.9 Å². The molecule has 170 valence electrons. The number of carbonyl (C=O) groups is 1. The first-order chi connectivity index (χ1) is 16.0. The Balaban J connectivity index is 1.35. The SMILES string of the molecule is COc1ccc(NS(=O)(=O)c2cccc(C(=O)NCCCn3cnc4ccccc43)c2)cc1. The molecule has 0 atom stereocenters. The summed E-state index contributed by atoms with van der Waals surface area (Å²) in [5.74, 6) is 0.296. The number of aromatic nitrogens is 2. The molecule has 0 aliphatic carbocycles. The summed E-state index contributed by atoms with van der Waals surface area (Å²) in [6.45, 7) is 1.16. The van der Waals surface area contributed by atoms with Gasteiger partial charge in [-0.3, -0.25) is 9.52 Å². The lowest BCUT2D eigenvalue weighted by Gasteiger charge is -2.10. The normalized spacial score (nSPS) is 11.3. The molecule has 0 unspecified atom stereocenters. The van der Waals surface area contributed by atoms with Gasteiger partial charge in [-0.05, 0) is 61.0 Å². The van der Waals surface area contributed by atoms with Gasteiger partial charge in [-0.15, -0.1) is 0 Å². The molecule has 9 heteroatoms. The highest BCUT2D eigenvalue weighted by molar-refractivity contribution is 7.92. The summed E-state index contributed by atoms with van der Waals surface area (Å²) >= 11 is 0. The van der Waals surface area contributed by atoms with Crippen LogP contribution in [0.3, 0.4) is 0 Å². The van der Waals surface area contributed by atoms with Gasteiger partial charge in [-0.25, -0.2) is 13.4 Å². The summed E-state index contributed by atoms with van der Waals surface area (Å²) in [4.78, 5) is 16.9. The van der Waals surface area contributed by atoms with E-state index in [-0.39, 0.29) is 16.4 Å². The van der Waals surface area contributed by atoms with E-state index in [4.69, 9.17) is 4.74 Å². The zero-order valence-corrected chi connectivity index (χ0v) is 18.9. The molecule has 0 bridgehead atoms. The van der Waals surface area contributed by atoms with Gasteiger partial charge in [-0.1, -0.05) is 18.2 Å². The first-order valence-corrected chi connectivity index (χ1v) is 11.9. The molecule has 0 radical (unpaired) electrons. The van der Waals surface area contributed by atoms with Crippen LogP contribution in [0.1, 0.15) is 16.8 Å². The minimum absolute atomic E-state index is 0.0100. The Hall–Kier alpha value is -3.85. The molecule has 4 rings (SSSR count). The smallest absolute Gasteiger partial charge is 0.261 e. The van der Waals surface area contributed by atoms with E-state index in [1.807, 2.05) is 28.8 Å². The van der Waals surface area contributed by atoms with Crippen LogP contribution in [0.4, 0.5) is 5.69 Å². The number of hydrogen-bond donors (Lipinski definition) is 2. The summed E-state index contributed by atoms with van der Waals surface area (Å²) < 4.78 is 35.1. The molecule has 8 nitrogen and oxygen atoms in total. The van der Waals surface area contributed by atoms with Crippen LogP contribution in [0, 0.1) is 0 Å². The van der Waals surface area contributed by atoms with Crippen molar-refractivity contribution in [2.45, 2.75) is 17.9 Å². The fraction of sp³-hybridized carbons (Fsp3) is 0.167. The second-order valence-corrected chi connectivity index (χ2v) is 9.08. The molecule has 1 heterocycles. The Morgan fingerprint density at radius 1 is 1.03 bits per heavy atom. The summed E-state index contributed by atoms with van der Waals surface area (Å²) in [7, 11) is -2.31. The lowest BCUT2D eigenvalue weighted by atomic mass is 10.2. The number of rotatable bonds is 9. The fourth-order valence-corrected chi connectivity index (χ4v) is 4.52. The summed E-state index contributed by atoms with van der Waals surface area (Å²) in [6.07, 6.45) is 2.50. The van der Waals surface area contributed by atoms with E-state index in [1.54, 1.807) is 42.7 Å². The van der Waals surface area contributed by atoms with Crippen LogP contribution in [0.25, 0.3) is 11.0 Å². The summed E-state index contributed by atoms with van der Waals surface area (Å²) in [6, 6.07) is 20.4. The van der Waals surface area contributed by atoms with Gasteiger partial charge in [0, 0.05) is 24.3 Å². The Kier molecular flexibility index (Phi) is 6.60. The van der Waals surface area contributed by atoms with E-state index < -0.39 is 10.0 Å². The minimum atomic E-state index is -3.85. The van der Waals surface area contributed by atoms with Crippen molar-refractivity contribution in [1.29, 1.82) is 0 Å². The predicted octanol–water partition coefficient (Wildman–Crippen LogP) is 3.67. The largest absolute Gasteiger partial charge is 0.497 e. The monoisotopic (exact) mass is 464 g/mol. The molecule has 0 fully saturated rings. The van der Waals surface area contributed by atoms with Crippen LogP contribution in [-0.2, 0) is 16.6 Å². The molecule has 0 saturated carbocycles. The van der Waals surface area contributed by atoms with E-state index >= 15 is 0 Å². The lowest BCUT2D eigenvalue weighted by molar-refractivity contribution is 0.0952. The molecule has 0 saturated heterocycles. The average molecular weight is 465 g/mol. The first-order valence-electron chi connectivity index (χ1n) is 10.4. The minimum Gasteiger partial charge on any atom is -0.497 e. The number of anilines is 1. The summed E-state index contributed by atoms with van der Waals surface area (Å²) in [5.41, 5.74) is 2.66. The van der Waals surface area contributed by atoms with Gasteiger partial charge in [0.1, 0.15) is 5.75 Å². The highest BCUT2D eigenvalue weighted by atomic mass is 32.2. The quantitative estimate of drug-likeness (QED) is 0.368. The second kappa shape index (κ2) is 9.74. The molecule has 1 aromatic heterocycles. The van der Waals surface area contributed by atoms with Gasteiger partial charge in [0.2, 0.25) is 0 Å². The van der Waals surface area contributed by atoms with Crippen LogP contribution >= 0.6 is 0 Å². The van der Waals surface area contributed by atoms with Gasteiger partial charge in [0.05, 0.1) is 29.4 Å². The van der Waals surface area contributed by atoms with Crippen LogP contribution in [-0.4, -0.2) is 37.5 Å². The third-order valence-corrected chi connectivity index (χ3v) is 6.52. The fourth-order valence-electron chi connectivity index (χ4n) is 3.42. The molecule has 4 aromatic rings. The number of methoxy groups -OCH3 is 1. The molecular weight excluding hydrogens is 440 g/mol. The molecule has 33 heavy (non-hydrogen) atoms. The third-order valence-electron chi connectivity index (χ3n) is 5.14. The second-order valence-electron chi connectivity index (χ2n) is 7.40. The zero-order valence-electron chi connectivity index (χ0n) is 18.1. The highest BCUT2D eigenvalue weighted by Crippen LogP contribution is 2.20. The molecule has 0 aliphatic heterocycles. The average Bonchev–Trinajstić information content (AvgIpc) is 3.25. The van der Waals surface area contributed by atoms with Crippen molar-refractivity contribution >= 4 is 32.7 Å². The van der Waals surface area contributed by atoms with Gasteiger partial charge < -0.3 is 14.6 Å². The lowest BCUT2D eigenvalue weighted by Crippen LogP contribution is -2.25. The highest BCUT2D eigenvalue weighted by Gasteiger charge is 2.16. The van der Waals surface area contributed by atoms with Crippen LogP contribution in [0.5, 0.6) is 5.75 Å². The Morgan fingerprint density at radius 3 is 2.61 bits per heavy atom. The van der Waals surface area contributed by atoms with Crippen molar-refractivity contribution in [3.63, 3.8) is 0 Å². The maximum atomic E-state index is 12.7. The van der Waals surface area contributed by atoms with Crippen molar-refractivity contribution < 1.29 is 17.9 Å². The number of nitrogens with zero attached hydrogens (tertiary/aromatic N) is 2. The third kappa shape index (κ3) is 5.32. The van der Waals surface area contributed by atoms with E-state index in [9.17, 15) is 13.2 Å². The van der Waals surface area contributed by atoms with Crippen molar-refractivity contribution in [2.24, 2.45) is 0 Å². The predicted molar refractivity (Wildman–Crippen MR) is 127 cm³/mol. The molecule has 1 amide bonds. The Labute approximate surface area is 192 Å². The number of imidazole rings is 1. The van der Waals surface area contributed by atoms with E-state index in [0.29, 0.717) is 30.9 Å². The maximum absolute atomic E-state index is 12.7. The summed E-state index contributed by atoms with van der Waals surface area (Å²) in [5, 5.41) is 2.85. The van der Waals surface area contributed by atoms with Gasteiger partial charge in [0.25, 0.3) is 15.9 Å². The van der Waals surface area contributed by atoms with Crippen molar-refractivity contribution in [3.05, 3.63) is 84.7 Å². The van der Waals surface area contributed by atoms with Crippen LogP contribution < -0.4 is 14.8 Å². The number of sulfonamides is 1. The first kappa shape index (κ1) is 22.3. The molecule has 3 aromatic carbocycles. The number of amides is 1. The van der Waals surface area contributed by atoms with Gasteiger partial charge in [-0.2, -0.15) is 0 Å².